The maximum Gasteiger partial charge on any atom is 0.425 e. The van der Waals surface area contributed by atoms with E-state index in [0.717, 1.165) is 5.56 Å². The second-order valence-corrected chi connectivity index (χ2v) is 5.28. The molecule has 0 atom stereocenters. The van der Waals surface area contributed by atoms with Gasteiger partial charge >= 0.3 is 16.4 Å². The van der Waals surface area contributed by atoms with Crippen molar-refractivity contribution in [3.8, 4) is 0 Å². The van der Waals surface area contributed by atoms with Gasteiger partial charge in [0, 0.05) is 6.54 Å². The number of rotatable bonds is 2. The molecule has 0 aromatic heterocycles. The minimum Gasteiger partial charge on any atom is -0.444 e. The maximum atomic E-state index is 11.6. The van der Waals surface area contributed by atoms with Crippen molar-refractivity contribution >= 4 is 16.4 Å². The van der Waals surface area contributed by atoms with Crippen LogP contribution >= 0.6 is 0 Å². The van der Waals surface area contributed by atoms with Gasteiger partial charge in [-0.15, -0.1) is 0 Å². The number of carbonyl (C=O) groups is 1. The van der Waals surface area contributed by atoms with Crippen molar-refractivity contribution in [3.05, 3.63) is 35.9 Å². The van der Waals surface area contributed by atoms with Crippen molar-refractivity contribution < 1.29 is 22.1 Å². The van der Waals surface area contributed by atoms with E-state index in [1.54, 1.807) is 12.1 Å². The van der Waals surface area contributed by atoms with Gasteiger partial charge in [0.1, 0.15) is 6.61 Å². The smallest absolute Gasteiger partial charge is 0.425 e. The summed E-state index contributed by atoms with van der Waals surface area (Å²) in [7, 11) is -3.97. The molecule has 1 aromatic rings. The van der Waals surface area contributed by atoms with Gasteiger partial charge in [-0.3, -0.25) is 4.18 Å². The summed E-state index contributed by atoms with van der Waals surface area (Å²) in [6.07, 6.45) is -0.432. The fourth-order valence-corrected chi connectivity index (χ4v) is 2.57. The van der Waals surface area contributed by atoms with Gasteiger partial charge in [0.2, 0.25) is 0 Å². The normalized spacial score (nSPS) is 18.3. The number of carbonyl (C=O) groups excluding carboxylic acids is 1. The van der Waals surface area contributed by atoms with E-state index in [4.69, 9.17) is 4.74 Å². The largest absolute Gasteiger partial charge is 0.444 e. The Bertz CT molecular complexity index is 513. The van der Waals surface area contributed by atoms with Crippen LogP contribution in [0.5, 0.6) is 0 Å². The van der Waals surface area contributed by atoms with Gasteiger partial charge in [-0.1, -0.05) is 30.3 Å². The van der Waals surface area contributed by atoms with Crippen LogP contribution in [0.25, 0.3) is 0 Å². The molecule has 0 saturated carbocycles. The van der Waals surface area contributed by atoms with Gasteiger partial charge < -0.3 is 4.74 Å². The molecule has 1 aliphatic rings. The third-order valence-corrected chi connectivity index (χ3v) is 3.75. The van der Waals surface area contributed by atoms with Crippen molar-refractivity contribution in [1.82, 2.24) is 4.31 Å². The molecule has 1 fully saturated rings. The van der Waals surface area contributed by atoms with Gasteiger partial charge in [-0.25, -0.2) is 4.79 Å². The van der Waals surface area contributed by atoms with E-state index in [9.17, 15) is 13.2 Å². The molecule has 18 heavy (non-hydrogen) atoms. The van der Waals surface area contributed by atoms with E-state index >= 15 is 0 Å². The van der Waals surface area contributed by atoms with Crippen molar-refractivity contribution in [2.24, 2.45) is 0 Å². The summed E-state index contributed by atoms with van der Waals surface area (Å²) < 4.78 is 33.0. The second-order valence-electron chi connectivity index (χ2n) is 3.75. The zero-order chi connectivity index (χ0) is 13.0. The summed E-state index contributed by atoms with van der Waals surface area (Å²) in [6.45, 7) is 0.229. The Morgan fingerprint density at radius 1 is 1.33 bits per heavy atom. The van der Waals surface area contributed by atoms with Gasteiger partial charge in [-0.05, 0) is 12.0 Å². The fraction of sp³-hybridized carbons (Fsp3) is 0.364. The molecule has 1 aliphatic heterocycles. The number of benzene rings is 1. The molecule has 0 radical (unpaired) electrons. The molecule has 1 aromatic carbocycles. The minimum atomic E-state index is -3.97. The molecular formula is C11H13NO5S. The lowest BCUT2D eigenvalue weighted by Crippen LogP contribution is -2.42. The first kappa shape index (κ1) is 12.8. The standard InChI is InChI=1S/C11H13NO5S/c13-11(12-7-4-8-17-18(12,14)15)16-9-10-5-2-1-3-6-10/h1-3,5-6H,4,7-9H2. The Kier molecular flexibility index (Phi) is 3.83. The highest BCUT2D eigenvalue weighted by Gasteiger charge is 2.32. The first-order valence-electron chi connectivity index (χ1n) is 5.47. The van der Waals surface area contributed by atoms with Crippen LogP contribution in [-0.2, 0) is 25.8 Å². The lowest BCUT2D eigenvalue weighted by atomic mass is 10.2. The molecule has 0 aliphatic carbocycles. The Morgan fingerprint density at radius 3 is 2.72 bits per heavy atom. The van der Waals surface area contributed by atoms with E-state index in [2.05, 4.69) is 4.18 Å². The van der Waals surface area contributed by atoms with E-state index in [1.165, 1.54) is 0 Å². The molecule has 7 heteroatoms. The fourth-order valence-electron chi connectivity index (χ4n) is 1.52. The van der Waals surface area contributed by atoms with Crippen LogP contribution < -0.4 is 0 Å². The Labute approximate surface area is 105 Å². The van der Waals surface area contributed by atoms with Gasteiger partial charge in [0.05, 0.1) is 6.61 Å². The molecule has 98 valence electrons. The summed E-state index contributed by atoms with van der Waals surface area (Å²) in [4.78, 5) is 11.6. The van der Waals surface area contributed by atoms with Crippen LogP contribution in [0.15, 0.2) is 30.3 Å². The summed E-state index contributed by atoms with van der Waals surface area (Å²) in [6, 6.07) is 9.03. The van der Waals surface area contributed by atoms with Gasteiger partial charge in [-0.2, -0.15) is 12.7 Å². The second kappa shape index (κ2) is 5.36. The maximum absolute atomic E-state index is 11.6. The van der Waals surface area contributed by atoms with Crippen molar-refractivity contribution in [3.63, 3.8) is 0 Å². The summed E-state index contributed by atoms with van der Waals surface area (Å²) in [5.74, 6) is 0. The molecule has 1 amide bonds. The summed E-state index contributed by atoms with van der Waals surface area (Å²) in [5, 5.41) is 0. The number of ether oxygens (including phenoxy) is 1. The molecule has 1 heterocycles. The van der Waals surface area contributed by atoms with Crippen LogP contribution in [0.3, 0.4) is 0 Å². The SMILES string of the molecule is O=C(OCc1ccccc1)N1CCCOS1(=O)=O. The average molecular weight is 271 g/mol. The number of amides is 1. The monoisotopic (exact) mass is 271 g/mol. The zero-order valence-corrected chi connectivity index (χ0v) is 10.4. The molecular weight excluding hydrogens is 258 g/mol. The predicted molar refractivity (Wildman–Crippen MR) is 62.8 cm³/mol. The summed E-state index contributed by atoms with van der Waals surface area (Å²) in [5.41, 5.74) is 0.793. The molecule has 0 bridgehead atoms. The third-order valence-electron chi connectivity index (χ3n) is 2.42. The summed E-state index contributed by atoms with van der Waals surface area (Å²) >= 11 is 0. The van der Waals surface area contributed by atoms with Crippen LogP contribution in [0, 0.1) is 0 Å². The lowest BCUT2D eigenvalue weighted by molar-refractivity contribution is 0.106. The van der Waals surface area contributed by atoms with Crippen molar-refractivity contribution in [1.29, 1.82) is 0 Å². The highest BCUT2D eigenvalue weighted by molar-refractivity contribution is 7.84. The van der Waals surface area contributed by atoms with E-state index in [0.29, 0.717) is 10.7 Å². The predicted octanol–water partition coefficient (Wildman–Crippen LogP) is 1.29. The van der Waals surface area contributed by atoms with Crippen molar-refractivity contribution in [2.75, 3.05) is 13.2 Å². The van der Waals surface area contributed by atoms with Crippen LogP contribution in [0.4, 0.5) is 4.79 Å². The quantitative estimate of drug-likeness (QED) is 0.810. The van der Waals surface area contributed by atoms with Gasteiger partial charge in [0.25, 0.3) is 0 Å². The van der Waals surface area contributed by atoms with E-state index in [1.807, 2.05) is 18.2 Å². The lowest BCUT2D eigenvalue weighted by Gasteiger charge is -2.24. The third kappa shape index (κ3) is 2.99. The molecule has 2 rings (SSSR count). The Hall–Kier alpha value is -1.60. The number of hydrogen-bond acceptors (Lipinski definition) is 5. The van der Waals surface area contributed by atoms with E-state index in [-0.39, 0.29) is 19.8 Å². The highest BCUT2D eigenvalue weighted by Crippen LogP contribution is 2.14. The van der Waals surface area contributed by atoms with E-state index < -0.39 is 16.4 Å². The molecule has 6 nitrogen and oxygen atoms in total. The zero-order valence-electron chi connectivity index (χ0n) is 9.61. The van der Waals surface area contributed by atoms with Crippen LogP contribution in [0.1, 0.15) is 12.0 Å². The highest BCUT2D eigenvalue weighted by atomic mass is 32.2. The molecule has 0 N–H and O–H groups in total. The number of nitrogens with zero attached hydrogens (tertiary/aromatic N) is 1. The number of hydrogen-bond donors (Lipinski definition) is 0. The molecule has 0 unspecified atom stereocenters. The first-order valence-corrected chi connectivity index (χ1v) is 6.84. The average Bonchev–Trinajstić information content (AvgIpc) is 2.37. The van der Waals surface area contributed by atoms with Crippen LogP contribution in [-0.4, -0.2) is 32.0 Å². The van der Waals surface area contributed by atoms with Gasteiger partial charge in [0.15, 0.2) is 0 Å². The van der Waals surface area contributed by atoms with Crippen LogP contribution in [0.2, 0.25) is 0 Å². The Morgan fingerprint density at radius 2 is 2.06 bits per heavy atom. The Balaban J connectivity index is 1.96. The molecule has 1 saturated heterocycles. The minimum absolute atomic E-state index is 0.0334. The van der Waals surface area contributed by atoms with Crippen molar-refractivity contribution in [2.45, 2.75) is 13.0 Å². The molecule has 0 spiro atoms. The topological polar surface area (TPSA) is 72.9 Å². The first-order chi connectivity index (χ1) is 8.59.